The number of hydrogen-bond donors (Lipinski definition) is 1. The predicted molar refractivity (Wildman–Crippen MR) is 105 cm³/mol. The molecule has 2 aliphatic rings. The molecule has 2 aromatic rings. The Morgan fingerprint density at radius 3 is 2.26 bits per heavy atom. The van der Waals surface area contributed by atoms with E-state index in [1.165, 1.54) is 12.1 Å². The van der Waals surface area contributed by atoms with Gasteiger partial charge in [0.1, 0.15) is 5.82 Å². The summed E-state index contributed by atoms with van der Waals surface area (Å²) in [6, 6.07) is 13.7. The molecule has 2 atom stereocenters. The van der Waals surface area contributed by atoms with Crippen molar-refractivity contribution in [2.75, 3.05) is 20.1 Å². The maximum atomic E-state index is 13.4. The number of carbonyl (C=O) groups is 1. The van der Waals surface area contributed by atoms with Gasteiger partial charge in [0.25, 0.3) is 0 Å². The van der Waals surface area contributed by atoms with Crippen LogP contribution >= 0.6 is 11.6 Å². The second kappa shape index (κ2) is 7.25. The molecule has 1 saturated carbocycles. The highest BCUT2D eigenvalue weighted by Crippen LogP contribution is 2.59. The summed E-state index contributed by atoms with van der Waals surface area (Å²) >= 11 is 6.05. The zero-order chi connectivity index (χ0) is 19.0. The van der Waals surface area contributed by atoms with E-state index in [9.17, 15) is 9.18 Å². The van der Waals surface area contributed by atoms with Crippen LogP contribution in [0.2, 0.25) is 5.02 Å². The third-order valence-corrected chi connectivity index (χ3v) is 6.45. The minimum atomic E-state index is -0.279. The highest BCUT2D eigenvalue weighted by molar-refractivity contribution is 6.30. The SMILES string of the molecule is CN(C(=O)C1CC12CCNCC2)C(c1ccc(F)cc1)c1ccc(Cl)cc1. The molecular weight excluding hydrogens is 363 g/mol. The Morgan fingerprint density at radius 2 is 1.67 bits per heavy atom. The fourth-order valence-electron chi connectivity index (χ4n) is 4.48. The van der Waals surface area contributed by atoms with Gasteiger partial charge in [0, 0.05) is 18.0 Å². The third kappa shape index (κ3) is 3.61. The highest BCUT2D eigenvalue weighted by atomic mass is 35.5. The fourth-order valence-corrected chi connectivity index (χ4v) is 4.60. The van der Waals surface area contributed by atoms with E-state index in [-0.39, 0.29) is 29.1 Å². The van der Waals surface area contributed by atoms with E-state index in [4.69, 9.17) is 11.6 Å². The summed E-state index contributed by atoms with van der Waals surface area (Å²) in [5.74, 6) is -0.000499. The van der Waals surface area contributed by atoms with Crippen LogP contribution in [0.4, 0.5) is 4.39 Å². The first-order chi connectivity index (χ1) is 13.0. The van der Waals surface area contributed by atoms with Crippen molar-refractivity contribution >= 4 is 17.5 Å². The maximum Gasteiger partial charge on any atom is 0.226 e. The van der Waals surface area contributed by atoms with Gasteiger partial charge in [0.05, 0.1) is 6.04 Å². The van der Waals surface area contributed by atoms with E-state index >= 15 is 0 Å². The van der Waals surface area contributed by atoms with E-state index < -0.39 is 0 Å². The van der Waals surface area contributed by atoms with Crippen LogP contribution in [-0.2, 0) is 4.79 Å². The number of rotatable bonds is 4. The lowest BCUT2D eigenvalue weighted by Crippen LogP contribution is -2.37. The van der Waals surface area contributed by atoms with Gasteiger partial charge in [-0.2, -0.15) is 0 Å². The van der Waals surface area contributed by atoms with Gasteiger partial charge in [-0.15, -0.1) is 0 Å². The largest absolute Gasteiger partial charge is 0.334 e. The standard InChI is InChI=1S/C22H24ClFN2O/c1-26(21(27)19-14-22(19)10-12-25-13-11-22)20(15-2-6-17(23)7-3-15)16-4-8-18(24)9-5-16/h2-9,19-20,25H,10-14H2,1H3. The summed E-state index contributed by atoms with van der Waals surface area (Å²) in [5, 5.41) is 4.04. The summed E-state index contributed by atoms with van der Waals surface area (Å²) < 4.78 is 13.4. The molecular formula is C22H24ClFN2O. The van der Waals surface area contributed by atoms with Gasteiger partial charge in [-0.25, -0.2) is 4.39 Å². The molecule has 1 aliphatic heterocycles. The molecule has 1 spiro atoms. The number of nitrogens with zero attached hydrogens (tertiary/aromatic N) is 1. The topological polar surface area (TPSA) is 32.3 Å². The monoisotopic (exact) mass is 386 g/mol. The Bertz CT molecular complexity index is 770. The lowest BCUT2D eigenvalue weighted by molar-refractivity contribution is -0.133. The normalized spacial score (nSPS) is 21.7. The number of amides is 1. The van der Waals surface area contributed by atoms with Crippen molar-refractivity contribution in [2.45, 2.75) is 25.3 Å². The zero-order valence-corrected chi connectivity index (χ0v) is 16.2. The highest BCUT2D eigenvalue weighted by Gasteiger charge is 2.58. The molecule has 1 heterocycles. The van der Waals surface area contributed by atoms with Gasteiger partial charge in [0.2, 0.25) is 5.91 Å². The first-order valence-electron chi connectivity index (χ1n) is 9.48. The smallest absolute Gasteiger partial charge is 0.226 e. The summed E-state index contributed by atoms with van der Waals surface area (Å²) in [6.07, 6.45) is 3.12. The molecule has 3 nitrogen and oxygen atoms in total. The molecule has 27 heavy (non-hydrogen) atoms. The van der Waals surface area contributed by atoms with Gasteiger partial charge in [-0.1, -0.05) is 35.9 Å². The number of halogens is 2. The molecule has 0 bridgehead atoms. The fraction of sp³-hybridized carbons (Fsp3) is 0.409. The van der Waals surface area contributed by atoms with Crippen molar-refractivity contribution in [3.8, 4) is 0 Å². The molecule has 1 amide bonds. The number of hydrogen-bond acceptors (Lipinski definition) is 2. The minimum Gasteiger partial charge on any atom is -0.334 e. The average Bonchev–Trinajstić information content (AvgIpc) is 3.37. The van der Waals surface area contributed by atoms with E-state index in [0.717, 1.165) is 43.5 Å². The molecule has 1 aliphatic carbocycles. The number of carbonyl (C=O) groups excluding carboxylic acids is 1. The molecule has 142 valence electrons. The molecule has 5 heteroatoms. The lowest BCUT2D eigenvalue weighted by atomic mass is 9.91. The Labute approximate surface area is 164 Å². The van der Waals surface area contributed by atoms with Crippen molar-refractivity contribution < 1.29 is 9.18 Å². The van der Waals surface area contributed by atoms with Crippen LogP contribution in [0.25, 0.3) is 0 Å². The van der Waals surface area contributed by atoms with Gasteiger partial charge in [-0.3, -0.25) is 4.79 Å². The Balaban J connectivity index is 1.62. The first kappa shape index (κ1) is 18.5. The zero-order valence-electron chi connectivity index (χ0n) is 15.4. The van der Waals surface area contributed by atoms with Crippen LogP contribution in [0.1, 0.15) is 36.4 Å². The van der Waals surface area contributed by atoms with Crippen molar-refractivity contribution in [3.63, 3.8) is 0 Å². The molecule has 2 unspecified atom stereocenters. The van der Waals surface area contributed by atoms with Gasteiger partial charge in [0.15, 0.2) is 0 Å². The Morgan fingerprint density at radius 1 is 1.11 bits per heavy atom. The van der Waals surface area contributed by atoms with Crippen molar-refractivity contribution in [1.29, 1.82) is 0 Å². The average molecular weight is 387 g/mol. The van der Waals surface area contributed by atoms with Gasteiger partial charge >= 0.3 is 0 Å². The van der Waals surface area contributed by atoms with Crippen molar-refractivity contribution in [2.24, 2.45) is 11.3 Å². The van der Waals surface area contributed by atoms with Crippen LogP contribution < -0.4 is 5.32 Å². The molecule has 0 radical (unpaired) electrons. The summed E-state index contributed by atoms with van der Waals surface area (Å²) in [5.41, 5.74) is 2.06. The van der Waals surface area contributed by atoms with Crippen LogP contribution in [0.15, 0.2) is 48.5 Å². The van der Waals surface area contributed by atoms with Crippen LogP contribution in [0, 0.1) is 17.2 Å². The quantitative estimate of drug-likeness (QED) is 0.843. The molecule has 1 saturated heterocycles. The minimum absolute atomic E-state index is 0.0971. The summed E-state index contributed by atoms with van der Waals surface area (Å²) in [7, 11) is 1.86. The maximum absolute atomic E-state index is 13.4. The summed E-state index contributed by atoms with van der Waals surface area (Å²) in [4.78, 5) is 15.1. The molecule has 0 aromatic heterocycles. The van der Waals surface area contributed by atoms with E-state index in [2.05, 4.69) is 5.32 Å². The second-order valence-corrected chi connectivity index (χ2v) is 8.26. The van der Waals surface area contributed by atoms with Crippen LogP contribution in [0.3, 0.4) is 0 Å². The van der Waals surface area contributed by atoms with Crippen molar-refractivity contribution in [3.05, 3.63) is 70.5 Å². The Hall–Kier alpha value is -1.91. The first-order valence-corrected chi connectivity index (χ1v) is 9.86. The van der Waals surface area contributed by atoms with E-state index in [0.29, 0.717) is 5.02 Å². The lowest BCUT2D eigenvalue weighted by Gasteiger charge is -2.31. The molecule has 2 aromatic carbocycles. The van der Waals surface area contributed by atoms with E-state index in [1.807, 2.05) is 36.2 Å². The van der Waals surface area contributed by atoms with Gasteiger partial charge < -0.3 is 10.2 Å². The molecule has 4 rings (SSSR count). The summed E-state index contributed by atoms with van der Waals surface area (Å²) in [6.45, 7) is 1.98. The van der Waals surface area contributed by atoms with Crippen LogP contribution in [0.5, 0.6) is 0 Å². The van der Waals surface area contributed by atoms with Gasteiger partial charge in [-0.05, 0) is 73.2 Å². The molecule has 2 fully saturated rings. The van der Waals surface area contributed by atoms with Crippen LogP contribution in [-0.4, -0.2) is 30.9 Å². The third-order valence-electron chi connectivity index (χ3n) is 6.19. The second-order valence-electron chi connectivity index (χ2n) is 7.82. The van der Waals surface area contributed by atoms with Crippen molar-refractivity contribution in [1.82, 2.24) is 10.2 Å². The number of nitrogens with one attached hydrogen (secondary N) is 1. The predicted octanol–water partition coefficient (Wildman–Crippen LogP) is 4.42. The molecule has 1 N–H and O–H groups in total. The van der Waals surface area contributed by atoms with E-state index in [1.54, 1.807) is 12.1 Å². The Kier molecular flexibility index (Phi) is 4.95. The number of piperidine rings is 1. The number of benzene rings is 2.